The summed E-state index contributed by atoms with van der Waals surface area (Å²) in [6, 6.07) is 34.1. The zero-order valence-corrected chi connectivity index (χ0v) is 32.4. The molecule has 0 aliphatic carbocycles. The second kappa shape index (κ2) is 15.7. The molecule has 53 heavy (non-hydrogen) atoms. The Hall–Kier alpha value is -6.06. The fourth-order valence-corrected chi connectivity index (χ4v) is 7.24. The number of rotatable bonds is 6. The Morgan fingerprint density at radius 1 is 0.679 bits per heavy atom. The van der Waals surface area contributed by atoms with Crippen molar-refractivity contribution >= 4 is 77.9 Å². The van der Waals surface area contributed by atoms with Gasteiger partial charge in [0.1, 0.15) is 5.65 Å². The third-order valence-corrected chi connectivity index (χ3v) is 9.98. The first-order valence-corrected chi connectivity index (χ1v) is 18.8. The van der Waals surface area contributed by atoms with Crippen LogP contribution in [-0.2, 0) is 0 Å². The number of nitrogens with zero attached hydrogens (tertiary/aromatic N) is 3. The Kier molecular flexibility index (Phi) is 10.9. The largest absolute Gasteiger partial charge is 0.292 e. The van der Waals surface area contributed by atoms with Gasteiger partial charge in [0.15, 0.2) is 0 Å². The van der Waals surface area contributed by atoms with Crippen molar-refractivity contribution in [3.63, 3.8) is 0 Å². The van der Waals surface area contributed by atoms with Gasteiger partial charge in [0.25, 0.3) is 0 Å². The van der Waals surface area contributed by atoms with Crippen molar-refractivity contribution in [2.45, 2.75) is 55.4 Å². The summed E-state index contributed by atoms with van der Waals surface area (Å²) in [7, 11) is 0. The van der Waals surface area contributed by atoms with Crippen molar-refractivity contribution < 1.29 is 0 Å². The van der Waals surface area contributed by atoms with Crippen LogP contribution in [-0.4, -0.2) is 14.4 Å². The fourth-order valence-electron chi connectivity index (χ4n) is 7.24. The van der Waals surface area contributed by atoms with Gasteiger partial charge in [0.2, 0.25) is 0 Å². The average Bonchev–Trinajstić information content (AvgIpc) is 3.61. The molecule has 3 heteroatoms. The molecule has 264 valence electrons. The molecule has 0 aliphatic heterocycles. The number of hydrogen-bond acceptors (Lipinski definition) is 2. The number of hydrogen-bond donors (Lipinski definition) is 0. The molecule has 0 atom stereocenters. The highest BCUT2D eigenvalue weighted by atomic mass is 15.0. The second-order valence-corrected chi connectivity index (χ2v) is 12.8. The Morgan fingerprint density at radius 2 is 1.32 bits per heavy atom. The van der Waals surface area contributed by atoms with Gasteiger partial charge in [-0.25, -0.2) is 9.97 Å². The van der Waals surface area contributed by atoms with Gasteiger partial charge in [-0.15, -0.1) is 0 Å². The standard InChI is InChI=1S/C46H37N3.2C2H6/c1-7-15-35-30(5)31(6)38(37-18-11-10-17-36(35)37)25-29(4)28(3)24-32(8-2)33-22-23-43-39(26-33)45-40(27-34-16-9-12-19-41(34)47-45)46-48-42-20-13-14-21-44(42)49(43)46;2*1-2/h7-27H,2-3H2,1,4-6H3;2*1-2H3/b15-7-,29-25+,32-24+;;. The Bertz CT molecular complexity index is 2790. The first-order valence-electron chi connectivity index (χ1n) is 18.8. The number of pyridine rings is 2. The van der Waals surface area contributed by atoms with E-state index in [1.807, 2.05) is 45.9 Å². The fraction of sp³-hybridized carbons (Fsp3) is 0.160. The molecule has 0 saturated heterocycles. The predicted octanol–water partition coefficient (Wildman–Crippen LogP) is 14.4. The third kappa shape index (κ3) is 6.49. The van der Waals surface area contributed by atoms with Gasteiger partial charge in [0, 0.05) is 16.2 Å². The van der Waals surface area contributed by atoms with Crippen molar-refractivity contribution in [2.24, 2.45) is 0 Å². The number of fused-ring (bicyclic) bond motifs is 10. The Labute approximate surface area is 314 Å². The minimum absolute atomic E-state index is 0.917. The minimum atomic E-state index is 0.917. The maximum atomic E-state index is 5.22. The molecule has 0 spiro atoms. The summed E-state index contributed by atoms with van der Waals surface area (Å²) in [6.07, 6.45) is 10.7. The van der Waals surface area contributed by atoms with Crippen molar-refractivity contribution in [2.75, 3.05) is 0 Å². The van der Waals surface area contributed by atoms with Crippen LogP contribution in [0.2, 0.25) is 0 Å². The van der Waals surface area contributed by atoms with Gasteiger partial charge in [-0.05, 0) is 125 Å². The van der Waals surface area contributed by atoms with E-state index >= 15 is 0 Å². The molecule has 8 rings (SSSR count). The van der Waals surface area contributed by atoms with E-state index in [4.69, 9.17) is 9.97 Å². The Balaban J connectivity index is 0.00000116. The molecule has 3 nitrogen and oxygen atoms in total. The van der Waals surface area contributed by atoms with Crippen molar-refractivity contribution in [3.8, 4) is 0 Å². The lowest BCUT2D eigenvalue weighted by atomic mass is 9.88. The molecule has 0 N–H and O–H groups in total. The number of aromatic nitrogens is 3. The van der Waals surface area contributed by atoms with Crippen LogP contribution < -0.4 is 0 Å². The molecule has 0 aliphatic rings. The zero-order valence-electron chi connectivity index (χ0n) is 32.4. The van der Waals surface area contributed by atoms with Crippen LogP contribution in [0, 0.1) is 13.8 Å². The number of allylic oxidation sites excluding steroid dienone is 6. The monoisotopic (exact) mass is 691 g/mol. The van der Waals surface area contributed by atoms with Crippen molar-refractivity contribution in [1.82, 2.24) is 14.4 Å². The molecule has 8 aromatic rings. The van der Waals surface area contributed by atoms with Crippen LogP contribution >= 0.6 is 0 Å². The molecule has 3 heterocycles. The van der Waals surface area contributed by atoms with E-state index in [1.54, 1.807) is 0 Å². The summed E-state index contributed by atoms with van der Waals surface area (Å²) < 4.78 is 2.27. The second-order valence-electron chi connectivity index (χ2n) is 12.8. The van der Waals surface area contributed by atoms with Crippen molar-refractivity contribution in [3.05, 3.63) is 167 Å². The van der Waals surface area contributed by atoms with E-state index in [1.165, 1.54) is 33.0 Å². The Morgan fingerprint density at radius 3 is 2.04 bits per heavy atom. The molecule has 5 aromatic carbocycles. The number of imidazole rings is 1. The quantitative estimate of drug-likeness (QED) is 0.0987. The molecule has 0 saturated carbocycles. The first-order chi connectivity index (χ1) is 25.9. The van der Waals surface area contributed by atoms with Crippen LogP contribution in [0.1, 0.15) is 69.4 Å². The first kappa shape index (κ1) is 36.7. The molecule has 0 fully saturated rings. The van der Waals surface area contributed by atoms with Gasteiger partial charge in [-0.3, -0.25) is 4.40 Å². The highest BCUT2D eigenvalue weighted by Gasteiger charge is 2.17. The van der Waals surface area contributed by atoms with Crippen molar-refractivity contribution in [1.29, 1.82) is 0 Å². The topological polar surface area (TPSA) is 30.2 Å². The molecule has 0 unspecified atom stereocenters. The molecule has 0 amide bonds. The minimum Gasteiger partial charge on any atom is -0.292 e. The normalized spacial score (nSPS) is 12.1. The van der Waals surface area contributed by atoms with E-state index in [0.29, 0.717) is 0 Å². The van der Waals surface area contributed by atoms with E-state index < -0.39 is 0 Å². The third-order valence-electron chi connectivity index (χ3n) is 9.98. The van der Waals surface area contributed by atoms with Crippen LogP contribution in [0.15, 0.2) is 140 Å². The maximum absolute atomic E-state index is 5.22. The molecular formula is C50H49N3. The van der Waals surface area contributed by atoms with Crippen LogP contribution in [0.4, 0.5) is 0 Å². The SMILES string of the molecule is C=C/C(=C\C(=C)/C(C)=C/c1c(C)c(C)c(/C=C\C)c2ccccc12)c1ccc2c(c1)c1nc3ccccc3cc1c1nc3ccccc3n21.CC.CC. The summed E-state index contributed by atoms with van der Waals surface area (Å²) in [4.78, 5) is 10.3. The molecule has 0 bridgehead atoms. The van der Waals surface area contributed by atoms with E-state index in [2.05, 4.69) is 154 Å². The van der Waals surface area contributed by atoms with Gasteiger partial charge in [-0.2, -0.15) is 0 Å². The lowest BCUT2D eigenvalue weighted by molar-refractivity contribution is 1.31. The predicted molar refractivity (Wildman–Crippen MR) is 235 cm³/mol. The summed E-state index contributed by atoms with van der Waals surface area (Å²) in [6.45, 7) is 25.4. The highest BCUT2D eigenvalue weighted by Crippen LogP contribution is 2.36. The number of benzene rings is 5. The summed E-state index contributed by atoms with van der Waals surface area (Å²) in [5.74, 6) is 0. The van der Waals surface area contributed by atoms with Gasteiger partial charge in [-0.1, -0.05) is 126 Å². The lowest BCUT2D eigenvalue weighted by Crippen LogP contribution is -1.96. The smallest absolute Gasteiger partial charge is 0.147 e. The van der Waals surface area contributed by atoms with E-state index in [0.717, 1.165) is 71.7 Å². The highest BCUT2D eigenvalue weighted by molar-refractivity contribution is 6.15. The van der Waals surface area contributed by atoms with E-state index in [9.17, 15) is 0 Å². The summed E-state index contributed by atoms with van der Waals surface area (Å²) in [5, 5.41) is 5.71. The van der Waals surface area contributed by atoms with Gasteiger partial charge < -0.3 is 0 Å². The van der Waals surface area contributed by atoms with Crippen LogP contribution in [0.5, 0.6) is 0 Å². The lowest BCUT2D eigenvalue weighted by Gasteiger charge is -2.16. The van der Waals surface area contributed by atoms with Gasteiger partial charge in [0.05, 0.1) is 27.6 Å². The van der Waals surface area contributed by atoms with Crippen LogP contribution in [0.3, 0.4) is 0 Å². The molecule has 0 radical (unpaired) electrons. The number of para-hydroxylation sites is 3. The molecule has 3 aromatic heterocycles. The average molecular weight is 692 g/mol. The summed E-state index contributed by atoms with van der Waals surface area (Å²) in [5.41, 5.74) is 15.2. The van der Waals surface area contributed by atoms with Crippen LogP contribution in [0.25, 0.3) is 77.9 Å². The summed E-state index contributed by atoms with van der Waals surface area (Å²) >= 11 is 0. The van der Waals surface area contributed by atoms with E-state index in [-0.39, 0.29) is 0 Å². The zero-order chi connectivity index (χ0) is 37.8. The maximum Gasteiger partial charge on any atom is 0.147 e. The van der Waals surface area contributed by atoms with Gasteiger partial charge >= 0.3 is 0 Å². The molecular weight excluding hydrogens is 643 g/mol.